The van der Waals surface area contributed by atoms with Gasteiger partial charge in [0.2, 0.25) is 0 Å². The number of aromatic nitrogens is 2. The SMILES string of the molecule is Cc1cccnc1-n1c2ccccc2c2ccc(Br)cc21. The third-order valence-electron chi connectivity index (χ3n) is 3.83. The standard InChI is InChI=1S/C18H13BrN2/c1-12-5-4-10-20-18(12)21-16-7-3-2-6-14(16)15-9-8-13(19)11-17(15)21/h2-11H,1H3. The van der Waals surface area contributed by atoms with Crippen molar-refractivity contribution in [3.05, 3.63) is 70.8 Å². The van der Waals surface area contributed by atoms with Gasteiger partial charge in [0.15, 0.2) is 0 Å². The first kappa shape index (κ1) is 12.6. The number of aryl methyl sites for hydroxylation is 1. The maximum atomic E-state index is 4.60. The van der Waals surface area contributed by atoms with Gasteiger partial charge in [0.1, 0.15) is 5.82 Å². The molecule has 0 N–H and O–H groups in total. The molecule has 2 heterocycles. The van der Waals surface area contributed by atoms with Gasteiger partial charge in [-0.2, -0.15) is 0 Å². The lowest BCUT2D eigenvalue weighted by molar-refractivity contribution is 1.05. The Morgan fingerprint density at radius 1 is 0.905 bits per heavy atom. The first-order chi connectivity index (χ1) is 10.3. The molecule has 0 unspecified atom stereocenters. The van der Waals surface area contributed by atoms with Gasteiger partial charge in [-0.05, 0) is 36.8 Å². The summed E-state index contributed by atoms with van der Waals surface area (Å²) in [5.74, 6) is 0.988. The third-order valence-corrected chi connectivity index (χ3v) is 4.32. The van der Waals surface area contributed by atoms with Gasteiger partial charge >= 0.3 is 0 Å². The van der Waals surface area contributed by atoms with Crippen molar-refractivity contribution in [2.24, 2.45) is 0 Å². The average Bonchev–Trinajstić information content (AvgIpc) is 2.81. The lowest BCUT2D eigenvalue weighted by atomic mass is 10.2. The molecule has 0 saturated heterocycles. The molecule has 4 aromatic rings. The predicted octanol–water partition coefficient (Wildman–Crippen LogP) is 5.25. The Morgan fingerprint density at radius 2 is 1.71 bits per heavy atom. The average molecular weight is 337 g/mol. The van der Waals surface area contributed by atoms with Gasteiger partial charge in [-0.3, -0.25) is 4.57 Å². The molecular weight excluding hydrogens is 324 g/mol. The second kappa shape index (κ2) is 4.71. The fraction of sp³-hybridized carbons (Fsp3) is 0.0556. The zero-order chi connectivity index (χ0) is 14.4. The monoisotopic (exact) mass is 336 g/mol. The molecule has 102 valence electrons. The molecule has 0 amide bonds. The van der Waals surface area contributed by atoms with Crippen molar-refractivity contribution in [1.29, 1.82) is 0 Å². The van der Waals surface area contributed by atoms with E-state index < -0.39 is 0 Å². The fourth-order valence-corrected chi connectivity index (χ4v) is 3.23. The lowest BCUT2D eigenvalue weighted by Crippen LogP contribution is -1.99. The summed E-state index contributed by atoms with van der Waals surface area (Å²) in [7, 11) is 0. The van der Waals surface area contributed by atoms with Crippen LogP contribution in [0.4, 0.5) is 0 Å². The van der Waals surface area contributed by atoms with Crippen molar-refractivity contribution in [2.45, 2.75) is 6.92 Å². The van der Waals surface area contributed by atoms with Gasteiger partial charge in [0, 0.05) is 21.4 Å². The number of halogens is 1. The molecule has 0 aliphatic heterocycles. The minimum absolute atomic E-state index is 0.988. The zero-order valence-corrected chi connectivity index (χ0v) is 13.1. The second-order valence-electron chi connectivity index (χ2n) is 5.16. The zero-order valence-electron chi connectivity index (χ0n) is 11.5. The summed E-state index contributed by atoms with van der Waals surface area (Å²) < 4.78 is 3.32. The van der Waals surface area contributed by atoms with Gasteiger partial charge in [-0.1, -0.05) is 46.3 Å². The number of fused-ring (bicyclic) bond motifs is 3. The molecule has 2 nitrogen and oxygen atoms in total. The molecule has 2 aromatic carbocycles. The van der Waals surface area contributed by atoms with Crippen LogP contribution in [0.3, 0.4) is 0 Å². The molecule has 0 radical (unpaired) electrons. The molecule has 3 heteroatoms. The second-order valence-corrected chi connectivity index (χ2v) is 6.07. The van der Waals surface area contributed by atoms with Crippen molar-refractivity contribution in [3.63, 3.8) is 0 Å². The summed E-state index contributed by atoms with van der Waals surface area (Å²) in [6.07, 6.45) is 1.85. The van der Waals surface area contributed by atoms with Crippen molar-refractivity contribution in [3.8, 4) is 5.82 Å². The largest absolute Gasteiger partial charge is 0.294 e. The lowest BCUT2D eigenvalue weighted by Gasteiger charge is -2.09. The van der Waals surface area contributed by atoms with Crippen LogP contribution in [-0.2, 0) is 0 Å². The number of pyridine rings is 1. The molecular formula is C18H13BrN2. The van der Waals surface area contributed by atoms with Crippen LogP contribution in [0.2, 0.25) is 0 Å². The van der Waals surface area contributed by atoms with Crippen LogP contribution in [0.1, 0.15) is 5.56 Å². The maximum absolute atomic E-state index is 4.60. The van der Waals surface area contributed by atoms with Crippen LogP contribution < -0.4 is 0 Å². The third kappa shape index (κ3) is 1.88. The number of benzene rings is 2. The Balaban J connectivity index is 2.24. The molecule has 0 aliphatic carbocycles. The Kier molecular flexibility index (Phi) is 2.82. The first-order valence-electron chi connectivity index (χ1n) is 6.86. The highest BCUT2D eigenvalue weighted by molar-refractivity contribution is 9.10. The molecule has 0 bridgehead atoms. The van der Waals surface area contributed by atoms with E-state index >= 15 is 0 Å². The number of hydrogen-bond acceptors (Lipinski definition) is 1. The molecule has 2 aromatic heterocycles. The first-order valence-corrected chi connectivity index (χ1v) is 7.66. The Bertz CT molecular complexity index is 969. The summed E-state index contributed by atoms with van der Waals surface area (Å²) in [5.41, 5.74) is 3.53. The number of hydrogen-bond donors (Lipinski definition) is 0. The highest BCUT2D eigenvalue weighted by atomic mass is 79.9. The molecule has 0 atom stereocenters. The summed E-state index contributed by atoms with van der Waals surface area (Å²) in [5, 5.41) is 2.50. The number of nitrogens with zero attached hydrogens (tertiary/aromatic N) is 2. The predicted molar refractivity (Wildman–Crippen MR) is 91.0 cm³/mol. The minimum Gasteiger partial charge on any atom is -0.294 e. The van der Waals surface area contributed by atoms with Gasteiger partial charge in [0.25, 0.3) is 0 Å². The van der Waals surface area contributed by atoms with E-state index in [9.17, 15) is 0 Å². The Morgan fingerprint density at radius 3 is 2.57 bits per heavy atom. The van der Waals surface area contributed by atoms with Gasteiger partial charge < -0.3 is 0 Å². The van der Waals surface area contributed by atoms with E-state index in [1.54, 1.807) is 0 Å². The van der Waals surface area contributed by atoms with Crippen LogP contribution in [0.25, 0.3) is 27.6 Å². The fourth-order valence-electron chi connectivity index (χ4n) is 2.88. The highest BCUT2D eigenvalue weighted by Gasteiger charge is 2.13. The van der Waals surface area contributed by atoms with Crippen molar-refractivity contribution < 1.29 is 0 Å². The molecule has 4 rings (SSSR count). The molecule has 21 heavy (non-hydrogen) atoms. The van der Waals surface area contributed by atoms with Gasteiger partial charge in [-0.25, -0.2) is 4.98 Å². The highest BCUT2D eigenvalue weighted by Crippen LogP contribution is 2.33. The minimum atomic E-state index is 0.988. The quantitative estimate of drug-likeness (QED) is 0.464. The molecule has 0 aliphatic rings. The normalized spacial score (nSPS) is 11.3. The van der Waals surface area contributed by atoms with Crippen LogP contribution in [-0.4, -0.2) is 9.55 Å². The van der Waals surface area contributed by atoms with E-state index in [0.29, 0.717) is 0 Å². The topological polar surface area (TPSA) is 17.8 Å². The van der Waals surface area contributed by atoms with Crippen molar-refractivity contribution >= 4 is 37.7 Å². The summed E-state index contributed by atoms with van der Waals surface area (Å²) in [4.78, 5) is 4.60. The van der Waals surface area contributed by atoms with E-state index in [1.165, 1.54) is 27.4 Å². The van der Waals surface area contributed by atoms with Gasteiger partial charge in [-0.15, -0.1) is 0 Å². The Labute approximate surface area is 131 Å². The maximum Gasteiger partial charge on any atom is 0.140 e. The summed E-state index contributed by atoms with van der Waals surface area (Å²) >= 11 is 3.58. The summed E-state index contributed by atoms with van der Waals surface area (Å²) in [6.45, 7) is 2.10. The molecule has 0 spiro atoms. The van der Waals surface area contributed by atoms with Crippen molar-refractivity contribution in [1.82, 2.24) is 9.55 Å². The van der Waals surface area contributed by atoms with E-state index in [0.717, 1.165) is 10.3 Å². The van der Waals surface area contributed by atoms with E-state index in [-0.39, 0.29) is 0 Å². The molecule has 0 fully saturated rings. The Hall–Kier alpha value is -2.13. The van der Waals surface area contributed by atoms with Crippen LogP contribution in [0.5, 0.6) is 0 Å². The van der Waals surface area contributed by atoms with E-state index in [1.807, 2.05) is 12.3 Å². The summed E-state index contributed by atoms with van der Waals surface area (Å²) in [6, 6.07) is 19.0. The van der Waals surface area contributed by atoms with E-state index in [4.69, 9.17) is 0 Å². The number of para-hydroxylation sites is 1. The number of rotatable bonds is 1. The van der Waals surface area contributed by atoms with Crippen LogP contribution >= 0.6 is 15.9 Å². The van der Waals surface area contributed by atoms with Gasteiger partial charge in [0.05, 0.1) is 11.0 Å². The van der Waals surface area contributed by atoms with E-state index in [2.05, 4.69) is 80.9 Å². The van der Waals surface area contributed by atoms with Crippen molar-refractivity contribution in [2.75, 3.05) is 0 Å². The smallest absolute Gasteiger partial charge is 0.140 e. The van der Waals surface area contributed by atoms with Crippen LogP contribution in [0.15, 0.2) is 65.3 Å². The molecule has 0 saturated carbocycles. The van der Waals surface area contributed by atoms with Crippen LogP contribution in [0, 0.1) is 6.92 Å².